The van der Waals surface area contributed by atoms with Gasteiger partial charge in [0.2, 0.25) is 0 Å². The number of hydrogen-bond acceptors (Lipinski definition) is 0. The SMILES string of the molecule is CC(C)(C)c1[c-]c2c(cc1)-c1ccc(C(C)(C)C)cc1C2.Cl.Cl.FC(F)(F)c1c[c-]ccc1.FC(F)(F)c1c[c-]ccc1.[C-]1=CC=CC1.[CH2]=[Zr]. The van der Waals surface area contributed by atoms with Crippen LogP contribution in [-0.2, 0) is 53.8 Å². The molecule has 0 saturated heterocycles. The zero-order valence-electron chi connectivity index (χ0n) is 28.9. The molecule has 0 spiro atoms. The van der Waals surface area contributed by atoms with Gasteiger partial charge in [-0.25, -0.2) is 12.2 Å². The molecular weight excluding hydrogens is 769 g/mol. The minimum atomic E-state index is -4.24. The third-order valence-electron chi connectivity index (χ3n) is 7.12. The second-order valence-electron chi connectivity index (χ2n) is 12.9. The average Bonchev–Trinajstić information content (AvgIpc) is 3.73. The first-order chi connectivity index (χ1) is 22.4. The number of rotatable bonds is 0. The van der Waals surface area contributed by atoms with Crippen LogP contribution in [0.25, 0.3) is 11.1 Å². The van der Waals surface area contributed by atoms with Crippen molar-refractivity contribution in [2.75, 3.05) is 0 Å². The van der Waals surface area contributed by atoms with E-state index in [1.807, 2.05) is 12.2 Å². The second kappa shape index (κ2) is 21.0. The summed E-state index contributed by atoms with van der Waals surface area (Å²) in [6.45, 7) is 13.6. The monoisotopic (exact) mass is 808 g/mol. The molecule has 270 valence electrons. The van der Waals surface area contributed by atoms with E-state index < -0.39 is 23.5 Å². The third kappa shape index (κ3) is 15.3. The van der Waals surface area contributed by atoms with Crippen LogP contribution < -0.4 is 0 Å². The van der Waals surface area contributed by atoms with Gasteiger partial charge >= 0.3 is 40.8 Å². The van der Waals surface area contributed by atoms with Crippen LogP contribution >= 0.6 is 24.8 Å². The third-order valence-corrected chi connectivity index (χ3v) is 7.12. The zero-order chi connectivity index (χ0) is 36.2. The Hall–Kier alpha value is -2.73. The van der Waals surface area contributed by atoms with Gasteiger partial charge in [0.05, 0.1) is 0 Å². The van der Waals surface area contributed by atoms with E-state index in [9.17, 15) is 26.3 Å². The van der Waals surface area contributed by atoms with Crippen molar-refractivity contribution in [2.24, 2.45) is 0 Å². The molecule has 0 unspecified atom stereocenters. The van der Waals surface area contributed by atoms with Crippen molar-refractivity contribution in [3.8, 4) is 11.1 Å². The van der Waals surface area contributed by atoms with Crippen LogP contribution in [0.15, 0.2) is 97.1 Å². The van der Waals surface area contributed by atoms with Crippen molar-refractivity contribution >= 4 is 29.0 Å². The Labute approximate surface area is 321 Å². The number of allylic oxidation sites excluding steroid dienone is 4. The number of halogens is 8. The average molecular weight is 811 g/mol. The zero-order valence-corrected chi connectivity index (χ0v) is 33.0. The number of hydrogen-bond donors (Lipinski definition) is 0. The summed E-state index contributed by atoms with van der Waals surface area (Å²) in [7, 11) is 0. The van der Waals surface area contributed by atoms with Gasteiger partial charge in [-0.15, -0.1) is 42.4 Å². The molecule has 0 heterocycles. The first-order valence-corrected chi connectivity index (χ1v) is 16.9. The van der Waals surface area contributed by atoms with Crippen LogP contribution in [0, 0.1) is 24.3 Å². The molecule has 0 saturated carbocycles. The Morgan fingerprint density at radius 2 is 1.18 bits per heavy atom. The minimum absolute atomic E-state index is 0. The van der Waals surface area contributed by atoms with Crippen LogP contribution in [0.3, 0.4) is 0 Å². The van der Waals surface area contributed by atoms with E-state index in [0.717, 1.165) is 37.1 Å². The molecule has 0 aliphatic heterocycles. The van der Waals surface area contributed by atoms with Gasteiger partial charge in [0.25, 0.3) is 0 Å². The molecule has 9 heteroatoms. The predicted molar refractivity (Wildman–Crippen MR) is 195 cm³/mol. The maximum atomic E-state index is 11.8. The summed E-state index contributed by atoms with van der Waals surface area (Å²) in [5.41, 5.74) is 7.39. The normalized spacial score (nSPS) is 12.3. The molecule has 0 fully saturated rings. The summed E-state index contributed by atoms with van der Waals surface area (Å²) in [5.74, 6) is 0. The van der Waals surface area contributed by atoms with E-state index >= 15 is 0 Å². The van der Waals surface area contributed by atoms with E-state index in [4.69, 9.17) is 0 Å². The van der Waals surface area contributed by atoms with Crippen molar-refractivity contribution in [1.82, 2.24) is 0 Å². The molecule has 6 rings (SSSR count). The number of fused-ring (bicyclic) bond motifs is 3. The van der Waals surface area contributed by atoms with Crippen LogP contribution in [0.5, 0.6) is 0 Å². The quantitative estimate of drug-likeness (QED) is 0.108. The Morgan fingerprint density at radius 1 is 0.660 bits per heavy atom. The van der Waals surface area contributed by atoms with Crippen molar-refractivity contribution in [3.63, 3.8) is 0 Å². The maximum absolute atomic E-state index is 11.8. The van der Waals surface area contributed by atoms with Gasteiger partial charge in [-0.3, -0.25) is 6.08 Å². The number of alkyl halides is 6. The first-order valence-electron chi connectivity index (χ1n) is 15.2. The Bertz CT molecular complexity index is 1510. The summed E-state index contributed by atoms with van der Waals surface area (Å²) < 4.78 is 73.9. The van der Waals surface area contributed by atoms with Gasteiger partial charge in [0.15, 0.2) is 0 Å². The van der Waals surface area contributed by atoms with Crippen LogP contribution in [-0.4, -0.2) is 4.21 Å². The van der Waals surface area contributed by atoms with Crippen LogP contribution in [0.2, 0.25) is 0 Å². The molecule has 0 N–H and O–H groups in total. The van der Waals surface area contributed by atoms with Gasteiger partial charge < -0.3 is 0 Å². The van der Waals surface area contributed by atoms with E-state index in [-0.39, 0.29) is 35.6 Å². The molecule has 0 atom stereocenters. The fourth-order valence-electron chi connectivity index (χ4n) is 4.51. The molecule has 0 amide bonds. The molecule has 0 bridgehead atoms. The van der Waals surface area contributed by atoms with Crippen molar-refractivity contribution < 1.29 is 50.6 Å². The van der Waals surface area contributed by atoms with Crippen molar-refractivity contribution in [3.05, 3.63) is 155 Å². The van der Waals surface area contributed by atoms with Gasteiger partial charge in [-0.05, 0) is 28.4 Å². The molecule has 4 aromatic carbocycles. The summed E-state index contributed by atoms with van der Waals surface area (Å²) >= 11 is 1.30. The van der Waals surface area contributed by atoms with Crippen molar-refractivity contribution in [1.29, 1.82) is 0 Å². The van der Waals surface area contributed by atoms with Crippen molar-refractivity contribution in [2.45, 2.75) is 77.6 Å². The standard InChI is InChI=1S/C21H25.2C7H4F3.C5H5.CH2.2ClH.Zr/c1-20(2,3)16-7-9-18-14(12-16)11-15-13-17(21(4,5)6)8-10-19(15)18;2*8-7(9,10)6-4-2-1-3-5-6;1-2-4-5-3-1;;;;/h7-10,12H,11H2,1-6H3;2*1-2,4-5H;1-3H,4H2;1H2;2*1H;/q4*-1;;;;. The Kier molecular flexibility index (Phi) is 19.8. The Morgan fingerprint density at radius 3 is 1.52 bits per heavy atom. The van der Waals surface area contributed by atoms with E-state index in [1.165, 1.54) is 81.9 Å². The molecular formula is C41H42Cl2F6Zr-4. The molecule has 0 radical (unpaired) electrons. The summed E-state index contributed by atoms with van der Waals surface area (Å²) in [6.07, 6.45) is 2.55. The summed E-state index contributed by atoms with van der Waals surface area (Å²) in [5, 5.41) is 0. The summed E-state index contributed by atoms with van der Waals surface area (Å²) in [4.78, 5) is 0. The van der Waals surface area contributed by atoms with Gasteiger partial charge in [0.1, 0.15) is 0 Å². The molecule has 50 heavy (non-hydrogen) atoms. The second-order valence-corrected chi connectivity index (χ2v) is 12.9. The summed E-state index contributed by atoms with van der Waals surface area (Å²) in [6, 6.07) is 29.2. The van der Waals surface area contributed by atoms with E-state index in [2.05, 4.69) is 106 Å². The predicted octanol–water partition coefficient (Wildman–Crippen LogP) is 12.8. The topological polar surface area (TPSA) is 0 Å². The molecule has 2 aliphatic rings. The van der Waals surface area contributed by atoms with Gasteiger partial charge in [0, 0.05) is 0 Å². The molecule has 2 aliphatic carbocycles. The van der Waals surface area contributed by atoms with Gasteiger partial charge in [-0.2, -0.15) is 117 Å². The number of benzene rings is 4. The molecule has 4 aromatic rings. The Balaban J connectivity index is 0.000000698. The van der Waals surface area contributed by atoms with Gasteiger partial charge in [-0.1, -0.05) is 76.4 Å². The van der Waals surface area contributed by atoms with E-state index in [0.29, 0.717) is 0 Å². The molecule has 0 aromatic heterocycles. The van der Waals surface area contributed by atoms with Crippen LogP contribution in [0.4, 0.5) is 26.3 Å². The fourth-order valence-corrected chi connectivity index (χ4v) is 4.51. The fraction of sp³-hybridized carbons (Fsp3) is 0.293. The molecule has 0 nitrogen and oxygen atoms in total. The first kappa shape index (κ1) is 47.3. The van der Waals surface area contributed by atoms with E-state index in [1.54, 1.807) is 0 Å². The van der Waals surface area contributed by atoms with Crippen LogP contribution in [0.1, 0.15) is 81.3 Å².